The molecule has 0 saturated carbocycles. The molecule has 0 radical (unpaired) electrons. The normalized spacial score (nSPS) is 12.1. The fourth-order valence-electron chi connectivity index (χ4n) is 1.91. The molecule has 1 heterocycles. The van der Waals surface area contributed by atoms with E-state index in [1.165, 1.54) is 12.1 Å². The summed E-state index contributed by atoms with van der Waals surface area (Å²) in [6.07, 6.45) is 0. The number of hydrogen-bond donors (Lipinski definition) is 2. The lowest BCUT2D eigenvalue weighted by Gasteiger charge is -2.19. The number of nitrogens with zero attached hydrogens (tertiary/aromatic N) is 2. The van der Waals surface area contributed by atoms with Crippen LogP contribution < -0.4 is 5.32 Å². The first-order valence-electron chi connectivity index (χ1n) is 6.41. The Bertz CT molecular complexity index is 572. The lowest BCUT2D eigenvalue weighted by Crippen LogP contribution is -2.21. The first kappa shape index (κ1) is 13.8. The highest BCUT2D eigenvalue weighted by atomic mass is 19.1. The Labute approximate surface area is 112 Å². The highest BCUT2D eigenvalue weighted by molar-refractivity contribution is 5.78. The molecule has 1 aromatic carbocycles. The number of benzene rings is 1. The summed E-state index contributed by atoms with van der Waals surface area (Å²) >= 11 is 0. The van der Waals surface area contributed by atoms with Gasteiger partial charge in [0.1, 0.15) is 5.82 Å². The number of nitrogens with one attached hydrogen (secondary N) is 1. The van der Waals surface area contributed by atoms with E-state index in [0.717, 1.165) is 12.1 Å². The van der Waals surface area contributed by atoms with Gasteiger partial charge in [-0.15, -0.1) is 0 Å². The SMILES string of the molecule is CC(C)(C)CNc1nc2cc(F)ccc2n1CCO. The van der Waals surface area contributed by atoms with Crippen molar-refractivity contribution >= 4 is 17.0 Å². The van der Waals surface area contributed by atoms with Crippen LogP contribution in [0.5, 0.6) is 0 Å². The Morgan fingerprint density at radius 2 is 2.11 bits per heavy atom. The molecule has 2 aromatic rings. The van der Waals surface area contributed by atoms with E-state index in [-0.39, 0.29) is 17.8 Å². The lowest BCUT2D eigenvalue weighted by atomic mass is 9.97. The van der Waals surface area contributed by atoms with Gasteiger partial charge in [0.25, 0.3) is 0 Å². The number of imidazole rings is 1. The van der Waals surface area contributed by atoms with Crippen LogP contribution in [-0.2, 0) is 6.54 Å². The summed E-state index contributed by atoms with van der Waals surface area (Å²) in [4.78, 5) is 4.40. The second-order valence-corrected chi connectivity index (χ2v) is 5.86. The van der Waals surface area contributed by atoms with E-state index in [2.05, 4.69) is 31.1 Å². The van der Waals surface area contributed by atoms with Crippen LogP contribution in [0.15, 0.2) is 18.2 Å². The van der Waals surface area contributed by atoms with Gasteiger partial charge in [0.2, 0.25) is 5.95 Å². The molecule has 0 spiro atoms. The number of fused-ring (bicyclic) bond motifs is 1. The summed E-state index contributed by atoms with van der Waals surface area (Å²) in [6.45, 7) is 7.59. The Kier molecular flexibility index (Phi) is 3.75. The molecule has 1 aromatic heterocycles. The topological polar surface area (TPSA) is 50.1 Å². The minimum absolute atomic E-state index is 0.0209. The van der Waals surface area contributed by atoms with Gasteiger partial charge in [0, 0.05) is 19.2 Å². The minimum Gasteiger partial charge on any atom is -0.395 e. The number of aliphatic hydroxyl groups excluding tert-OH is 1. The predicted octanol–water partition coefficient (Wildman–Crippen LogP) is 2.63. The van der Waals surface area contributed by atoms with Crippen LogP contribution in [0.25, 0.3) is 11.0 Å². The zero-order valence-electron chi connectivity index (χ0n) is 11.6. The summed E-state index contributed by atoms with van der Waals surface area (Å²) in [6, 6.07) is 4.51. The van der Waals surface area contributed by atoms with Crippen LogP contribution in [0, 0.1) is 11.2 Å². The predicted molar refractivity (Wildman–Crippen MR) is 74.7 cm³/mol. The van der Waals surface area contributed by atoms with Crippen LogP contribution in [0.2, 0.25) is 0 Å². The molecule has 2 rings (SSSR count). The molecule has 0 aliphatic heterocycles. The van der Waals surface area contributed by atoms with Crippen molar-refractivity contribution in [3.8, 4) is 0 Å². The summed E-state index contributed by atoms with van der Waals surface area (Å²) in [5.74, 6) is 0.369. The number of anilines is 1. The van der Waals surface area contributed by atoms with Crippen molar-refractivity contribution < 1.29 is 9.50 Å². The van der Waals surface area contributed by atoms with Gasteiger partial charge in [-0.1, -0.05) is 20.8 Å². The molecule has 0 aliphatic carbocycles. The number of hydrogen-bond acceptors (Lipinski definition) is 3. The van der Waals surface area contributed by atoms with Gasteiger partial charge in [-0.3, -0.25) is 0 Å². The van der Waals surface area contributed by atoms with Crippen molar-refractivity contribution in [2.24, 2.45) is 5.41 Å². The third-order valence-electron chi connectivity index (χ3n) is 2.81. The zero-order valence-corrected chi connectivity index (χ0v) is 11.6. The van der Waals surface area contributed by atoms with Crippen LogP contribution in [0.3, 0.4) is 0 Å². The number of aliphatic hydroxyl groups is 1. The van der Waals surface area contributed by atoms with E-state index in [4.69, 9.17) is 5.11 Å². The van der Waals surface area contributed by atoms with Crippen LogP contribution in [-0.4, -0.2) is 27.8 Å². The quantitative estimate of drug-likeness (QED) is 0.893. The number of halogens is 1. The van der Waals surface area contributed by atoms with Crippen LogP contribution in [0.1, 0.15) is 20.8 Å². The highest BCUT2D eigenvalue weighted by Gasteiger charge is 2.14. The maximum Gasteiger partial charge on any atom is 0.203 e. The molecular weight excluding hydrogens is 245 g/mol. The Balaban J connectivity index is 2.38. The van der Waals surface area contributed by atoms with Crippen molar-refractivity contribution in [1.29, 1.82) is 0 Å². The van der Waals surface area contributed by atoms with Gasteiger partial charge >= 0.3 is 0 Å². The summed E-state index contributed by atoms with van der Waals surface area (Å²) in [5.41, 5.74) is 1.55. The maximum absolute atomic E-state index is 13.2. The minimum atomic E-state index is -0.302. The molecule has 4 nitrogen and oxygen atoms in total. The molecule has 104 valence electrons. The second-order valence-electron chi connectivity index (χ2n) is 5.86. The van der Waals surface area contributed by atoms with Crippen molar-refractivity contribution in [3.63, 3.8) is 0 Å². The second kappa shape index (κ2) is 5.17. The van der Waals surface area contributed by atoms with Crippen molar-refractivity contribution in [2.75, 3.05) is 18.5 Å². The van der Waals surface area contributed by atoms with Gasteiger partial charge in [-0.2, -0.15) is 0 Å². The standard InChI is InChI=1S/C14H20FN3O/c1-14(2,3)9-16-13-17-11-8-10(15)4-5-12(11)18(13)6-7-19/h4-5,8,19H,6-7,9H2,1-3H3,(H,16,17). The fraction of sp³-hybridized carbons (Fsp3) is 0.500. The zero-order chi connectivity index (χ0) is 14.0. The van der Waals surface area contributed by atoms with Crippen LogP contribution >= 0.6 is 0 Å². The van der Waals surface area contributed by atoms with E-state index in [0.29, 0.717) is 18.0 Å². The molecule has 0 unspecified atom stereocenters. The van der Waals surface area contributed by atoms with E-state index >= 15 is 0 Å². The van der Waals surface area contributed by atoms with Gasteiger partial charge < -0.3 is 15.0 Å². The van der Waals surface area contributed by atoms with Gasteiger partial charge in [-0.05, 0) is 17.5 Å². The van der Waals surface area contributed by atoms with Gasteiger partial charge in [-0.25, -0.2) is 9.37 Å². The monoisotopic (exact) mass is 265 g/mol. The lowest BCUT2D eigenvalue weighted by molar-refractivity contribution is 0.278. The molecule has 0 atom stereocenters. The summed E-state index contributed by atoms with van der Waals surface area (Å²) in [7, 11) is 0. The van der Waals surface area contributed by atoms with Gasteiger partial charge in [0.05, 0.1) is 17.6 Å². The van der Waals surface area contributed by atoms with E-state index < -0.39 is 0 Å². The summed E-state index contributed by atoms with van der Waals surface area (Å²) < 4.78 is 15.1. The first-order chi connectivity index (χ1) is 8.90. The average molecular weight is 265 g/mol. The summed E-state index contributed by atoms with van der Waals surface area (Å²) in [5, 5.41) is 12.4. The Hall–Kier alpha value is -1.62. The molecule has 0 saturated heterocycles. The maximum atomic E-state index is 13.2. The molecule has 0 amide bonds. The van der Waals surface area contributed by atoms with Crippen molar-refractivity contribution in [1.82, 2.24) is 9.55 Å². The first-order valence-corrected chi connectivity index (χ1v) is 6.41. The van der Waals surface area contributed by atoms with E-state index in [9.17, 15) is 4.39 Å². The van der Waals surface area contributed by atoms with Gasteiger partial charge in [0.15, 0.2) is 0 Å². The smallest absolute Gasteiger partial charge is 0.203 e. The van der Waals surface area contributed by atoms with Crippen molar-refractivity contribution in [3.05, 3.63) is 24.0 Å². The third kappa shape index (κ3) is 3.23. The van der Waals surface area contributed by atoms with E-state index in [1.807, 2.05) is 4.57 Å². The molecule has 0 aliphatic rings. The molecule has 2 N–H and O–H groups in total. The van der Waals surface area contributed by atoms with Crippen molar-refractivity contribution in [2.45, 2.75) is 27.3 Å². The molecule has 5 heteroatoms. The molecule has 0 fully saturated rings. The highest BCUT2D eigenvalue weighted by Crippen LogP contribution is 2.22. The number of aromatic nitrogens is 2. The molecular formula is C14H20FN3O. The van der Waals surface area contributed by atoms with E-state index in [1.54, 1.807) is 6.07 Å². The largest absolute Gasteiger partial charge is 0.395 e. The third-order valence-corrected chi connectivity index (χ3v) is 2.81. The van der Waals surface area contributed by atoms with Crippen LogP contribution in [0.4, 0.5) is 10.3 Å². The molecule has 0 bridgehead atoms. The Morgan fingerprint density at radius 1 is 1.37 bits per heavy atom. The molecule has 19 heavy (non-hydrogen) atoms. The number of rotatable bonds is 4. The average Bonchev–Trinajstić information content (AvgIpc) is 2.64. The fourth-order valence-corrected chi connectivity index (χ4v) is 1.91. The Morgan fingerprint density at radius 3 is 2.74 bits per heavy atom.